The van der Waals surface area contributed by atoms with Crippen LogP contribution in [0.1, 0.15) is 65.0 Å². The molecule has 1 fully saturated rings. The van der Waals surface area contributed by atoms with Crippen molar-refractivity contribution in [3.05, 3.63) is 71.8 Å². The first-order valence-corrected chi connectivity index (χ1v) is 13.3. The van der Waals surface area contributed by atoms with Crippen molar-refractivity contribution in [2.45, 2.75) is 77.2 Å². The first kappa shape index (κ1) is 32.8. The van der Waals surface area contributed by atoms with Crippen LogP contribution in [0, 0.1) is 0 Å². The third-order valence-electron chi connectivity index (χ3n) is 5.14. The van der Waals surface area contributed by atoms with Crippen LogP contribution in [0.2, 0.25) is 0 Å². The van der Waals surface area contributed by atoms with Crippen molar-refractivity contribution in [3.63, 3.8) is 0 Å². The Hall–Kier alpha value is -2.15. The third-order valence-corrected chi connectivity index (χ3v) is 5.79. The molecule has 0 spiro atoms. The van der Waals surface area contributed by atoms with E-state index in [9.17, 15) is 9.59 Å². The van der Waals surface area contributed by atoms with Crippen LogP contribution >= 0.6 is 15.9 Å². The lowest BCUT2D eigenvalue weighted by molar-refractivity contribution is -0.121. The second-order valence-electron chi connectivity index (χ2n) is 8.60. The van der Waals surface area contributed by atoms with E-state index in [2.05, 4.69) is 33.1 Å². The van der Waals surface area contributed by atoms with E-state index in [1.165, 1.54) is 25.3 Å². The number of nitrogens with two attached hydrogens (primary N) is 1. The summed E-state index contributed by atoms with van der Waals surface area (Å²) in [6.45, 7) is 10.6. The van der Waals surface area contributed by atoms with E-state index >= 15 is 0 Å². The Morgan fingerprint density at radius 2 is 1.51 bits per heavy atom. The first-order chi connectivity index (χ1) is 16.6. The highest BCUT2D eigenvalue weighted by Crippen LogP contribution is 2.11. The second-order valence-corrected chi connectivity index (χ2v) is 9.16. The molecule has 0 bridgehead atoms. The summed E-state index contributed by atoms with van der Waals surface area (Å²) in [5.41, 5.74) is 7.53. The summed E-state index contributed by atoms with van der Waals surface area (Å²) in [6.07, 6.45) is 5.83. The van der Waals surface area contributed by atoms with Gasteiger partial charge in [0.05, 0.1) is 5.54 Å². The predicted octanol–water partition coefficient (Wildman–Crippen LogP) is 6.36. The van der Waals surface area contributed by atoms with E-state index in [0.717, 1.165) is 30.5 Å². The van der Waals surface area contributed by atoms with Crippen LogP contribution < -0.4 is 5.73 Å². The molecule has 2 atom stereocenters. The maximum absolute atomic E-state index is 11.1. The van der Waals surface area contributed by atoms with E-state index in [4.69, 9.17) is 10.5 Å². The number of benzene rings is 2. The lowest BCUT2D eigenvalue weighted by Crippen LogP contribution is -2.45. The average Bonchev–Trinajstić information content (AvgIpc) is 3.44. The van der Waals surface area contributed by atoms with Gasteiger partial charge in [0.25, 0.3) is 0 Å². The Balaban J connectivity index is 0.000000463. The smallest absolute Gasteiger partial charge is 0.153 e. The molecule has 1 aliphatic rings. The van der Waals surface area contributed by atoms with Gasteiger partial charge in [0.1, 0.15) is 11.8 Å². The molecule has 1 saturated heterocycles. The van der Waals surface area contributed by atoms with Crippen molar-refractivity contribution in [1.29, 1.82) is 0 Å². The quantitative estimate of drug-likeness (QED) is 0.323. The standard InChI is InChI=1S/C11H15NO.C7H7Br.C7H13NO.C4H8O/c1-9(13)11(2,12)8-10-6-4-3-5-7-10;8-6-7-4-2-1-3-5-7;1-4-5-8-6(2)7(3)9;1-2-4-5-3-1/h3-7H,8,12H2,1-2H3;1-5H,6H2;5-6H,4H2,1-3H3;1-4H2/t11-;;;/m1.../s1. The van der Waals surface area contributed by atoms with Crippen LogP contribution in [0.3, 0.4) is 0 Å². The summed E-state index contributed by atoms with van der Waals surface area (Å²) in [5, 5.41) is 0.952. The number of nitrogens with zero attached hydrogens (tertiary/aromatic N) is 1. The van der Waals surface area contributed by atoms with Gasteiger partial charge in [-0.25, -0.2) is 0 Å². The third kappa shape index (κ3) is 17.9. The number of aliphatic imine (C=N–C) groups is 1. The van der Waals surface area contributed by atoms with E-state index in [0.29, 0.717) is 6.42 Å². The molecule has 1 aliphatic heterocycles. The maximum Gasteiger partial charge on any atom is 0.153 e. The molecule has 0 amide bonds. The fourth-order valence-electron chi connectivity index (χ4n) is 2.59. The Kier molecular flexibility index (Phi) is 18.8. The molecule has 2 N–H and O–H groups in total. The molecule has 6 heteroatoms. The first-order valence-electron chi connectivity index (χ1n) is 12.2. The normalized spacial score (nSPS) is 14.7. The zero-order valence-electron chi connectivity index (χ0n) is 22.0. The minimum absolute atomic E-state index is 0.0244. The van der Waals surface area contributed by atoms with Crippen molar-refractivity contribution in [2.75, 3.05) is 13.2 Å². The number of carbonyl (C=O) groups is 2. The van der Waals surface area contributed by atoms with Gasteiger partial charge in [-0.1, -0.05) is 83.5 Å². The van der Waals surface area contributed by atoms with Crippen LogP contribution in [-0.4, -0.2) is 42.6 Å². The van der Waals surface area contributed by atoms with Crippen LogP contribution in [0.15, 0.2) is 65.7 Å². The topological polar surface area (TPSA) is 81.8 Å². The van der Waals surface area contributed by atoms with Crippen molar-refractivity contribution in [3.8, 4) is 0 Å². The van der Waals surface area contributed by atoms with E-state index in [-0.39, 0.29) is 17.6 Å². The van der Waals surface area contributed by atoms with Gasteiger partial charge in [-0.15, -0.1) is 0 Å². The summed E-state index contributed by atoms with van der Waals surface area (Å²) < 4.78 is 4.94. The summed E-state index contributed by atoms with van der Waals surface area (Å²) in [7, 11) is 0. The van der Waals surface area contributed by atoms with Crippen LogP contribution in [-0.2, 0) is 26.1 Å². The molecule has 1 unspecified atom stereocenters. The highest BCUT2D eigenvalue weighted by Gasteiger charge is 2.24. The maximum atomic E-state index is 11.1. The summed E-state index contributed by atoms with van der Waals surface area (Å²) in [5.74, 6) is 0.149. The average molecular weight is 548 g/mol. The Morgan fingerprint density at radius 1 is 1.03 bits per heavy atom. The molecule has 5 nitrogen and oxygen atoms in total. The molecule has 2 aromatic carbocycles. The molecule has 0 aliphatic carbocycles. The molecular weight excluding hydrogens is 504 g/mol. The van der Waals surface area contributed by atoms with Gasteiger partial charge >= 0.3 is 0 Å². The molecule has 0 aromatic heterocycles. The van der Waals surface area contributed by atoms with Crippen molar-refractivity contribution in [2.24, 2.45) is 10.7 Å². The largest absolute Gasteiger partial charge is 0.381 e. The van der Waals surface area contributed by atoms with Crippen LogP contribution in [0.4, 0.5) is 0 Å². The fourth-order valence-corrected chi connectivity index (χ4v) is 2.96. The minimum atomic E-state index is -0.735. The summed E-state index contributed by atoms with van der Waals surface area (Å²) >= 11 is 3.36. The molecule has 2 aromatic rings. The molecule has 0 radical (unpaired) electrons. The highest BCUT2D eigenvalue weighted by molar-refractivity contribution is 9.08. The lowest BCUT2D eigenvalue weighted by atomic mass is 9.90. The van der Waals surface area contributed by atoms with Gasteiger partial charge in [0, 0.05) is 18.5 Å². The van der Waals surface area contributed by atoms with Gasteiger partial charge < -0.3 is 10.5 Å². The zero-order chi connectivity index (χ0) is 26.5. The fraction of sp³-hybridized carbons (Fsp3) is 0.483. The number of Topliss-reactive ketones (excluding diaryl/α,β-unsaturated/α-hetero) is 2. The van der Waals surface area contributed by atoms with Crippen LogP contribution in [0.5, 0.6) is 0 Å². The van der Waals surface area contributed by atoms with Crippen LogP contribution in [0.25, 0.3) is 0 Å². The SMILES string of the molecule is BrCc1ccccc1.C1CCOC1.CC(=O)[C@](C)(N)Cc1ccccc1.CCC=NC(C)C(C)=O. The molecule has 35 heavy (non-hydrogen) atoms. The van der Waals surface area contributed by atoms with Gasteiger partial charge in [0.15, 0.2) is 5.78 Å². The Morgan fingerprint density at radius 3 is 1.83 bits per heavy atom. The highest BCUT2D eigenvalue weighted by atomic mass is 79.9. The summed E-state index contributed by atoms with van der Waals surface area (Å²) in [4.78, 5) is 25.6. The molecular formula is C29H43BrN2O3. The van der Waals surface area contributed by atoms with Gasteiger partial charge in [0.2, 0.25) is 0 Å². The molecule has 0 saturated carbocycles. The van der Waals surface area contributed by atoms with E-state index in [1.807, 2.05) is 55.5 Å². The second kappa shape index (κ2) is 20.1. The van der Waals surface area contributed by atoms with Gasteiger partial charge in [-0.05, 0) is 70.7 Å². The predicted molar refractivity (Wildman–Crippen MR) is 151 cm³/mol. The van der Waals surface area contributed by atoms with Crippen molar-refractivity contribution >= 4 is 33.7 Å². The number of halogens is 1. The molecule has 1 heterocycles. The number of rotatable bonds is 7. The van der Waals surface area contributed by atoms with Crippen molar-refractivity contribution < 1.29 is 14.3 Å². The Labute approximate surface area is 220 Å². The van der Waals surface area contributed by atoms with E-state index in [1.54, 1.807) is 27.0 Å². The number of hydrogen-bond acceptors (Lipinski definition) is 5. The van der Waals surface area contributed by atoms with Gasteiger partial charge in [-0.3, -0.25) is 14.6 Å². The lowest BCUT2D eigenvalue weighted by Gasteiger charge is -2.20. The number of hydrogen-bond donors (Lipinski definition) is 1. The zero-order valence-corrected chi connectivity index (χ0v) is 23.6. The van der Waals surface area contributed by atoms with E-state index < -0.39 is 5.54 Å². The number of ether oxygens (including phenoxy) is 1. The van der Waals surface area contributed by atoms with Gasteiger partial charge in [-0.2, -0.15) is 0 Å². The number of alkyl halides is 1. The molecule has 194 valence electrons. The summed E-state index contributed by atoms with van der Waals surface area (Å²) in [6, 6.07) is 19.9. The van der Waals surface area contributed by atoms with Crippen molar-refractivity contribution in [1.82, 2.24) is 0 Å². The molecule has 3 rings (SSSR count). The minimum Gasteiger partial charge on any atom is -0.381 e. The Bertz CT molecular complexity index is 828. The number of ketones is 2. The monoisotopic (exact) mass is 546 g/mol. The number of carbonyl (C=O) groups excluding carboxylic acids is 2.